The number of aromatic nitrogens is 1. The Kier molecular flexibility index (Phi) is 2.23. The van der Waals surface area contributed by atoms with Crippen LogP contribution >= 0.6 is 11.3 Å². The minimum absolute atomic E-state index is 0.659. The number of rotatable bonds is 2. The van der Waals surface area contributed by atoms with Crippen LogP contribution in [0.1, 0.15) is 12.8 Å². The van der Waals surface area contributed by atoms with Crippen molar-refractivity contribution in [2.75, 3.05) is 5.43 Å². The Morgan fingerprint density at radius 1 is 1.33 bits per heavy atom. The van der Waals surface area contributed by atoms with Gasteiger partial charge in [0.15, 0.2) is 0 Å². The quantitative estimate of drug-likeness (QED) is 0.657. The number of hydrogen-bond acceptors (Lipinski definition) is 4. The number of anilines is 1. The zero-order chi connectivity index (χ0) is 11.9. The van der Waals surface area contributed by atoms with E-state index in [2.05, 4.69) is 33.7 Å². The first-order chi connectivity index (χ1) is 8.90. The number of hydrazone groups is 1. The molecule has 2 atom stereocenters. The van der Waals surface area contributed by atoms with Gasteiger partial charge in [0.2, 0.25) is 5.13 Å². The van der Waals surface area contributed by atoms with Crippen LogP contribution in [-0.2, 0) is 0 Å². The van der Waals surface area contributed by atoms with Gasteiger partial charge >= 0.3 is 0 Å². The van der Waals surface area contributed by atoms with Gasteiger partial charge in [0, 0.05) is 11.6 Å². The summed E-state index contributed by atoms with van der Waals surface area (Å²) in [6.45, 7) is 0. The largest absolute Gasteiger partial charge is 0.253 e. The van der Waals surface area contributed by atoms with Crippen molar-refractivity contribution in [3.05, 3.63) is 36.4 Å². The molecule has 0 saturated heterocycles. The van der Waals surface area contributed by atoms with Gasteiger partial charge in [-0.25, -0.2) is 4.98 Å². The van der Waals surface area contributed by atoms with Gasteiger partial charge in [0.1, 0.15) is 0 Å². The first kappa shape index (κ1) is 10.3. The van der Waals surface area contributed by atoms with Crippen LogP contribution in [-0.4, -0.2) is 10.7 Å². The third-order valence-electron chi connectivity index (χ3n) is 3.75. The van der Waals surface area contributed by atoms with E-state index in [-0.39, 0.29) is 0 Å². The van der Waals surface area contributed by atoms with Crippen molar-refractivity contribution in [3.63, 3.8) is 0 Å². The van der Waals surface area contributed by atoms with Crippen LogP contribution in [0.4, 0.5) is 5.13 Å². The zero-order valence-corrected chi connectivity index (χ0v) is 10.7. The van der Waals surface area contributed by atoms with E-state index in [0.29, 0.717) is 5.92 Å². The number of nitrogens with zero attached hydrogens (tertiary/aromatic N) is 2. The van der Waals surface area contributed by atoms with Crippen LogP contribution < -0.4 is 5.43 Å². The van der Waals surface area contributed by atoms with Gasteiger partial charge in [-0.1, -0.05) is 35.6 Å². The Morgan fingerprint density at radius 2 is 2.28 bits per heavy atom. The third-order valence-corrected chi connectivity index (χ3v) is 4.69. The van der Waals surface area contributed by atoms with Gasteiger partial charge in [0.25, 0.3) is 0 Å². The molecule has 0 aliphatic heterocycles. The summed E-state index contributed by atoms with van der Waals surface area (Å²) in [5, 5.41) is 5.40. The predicted molar refractivity (Wildman–Crippen MR) is 76.0 cm³/mol. The molecule has 0 unspecified atom stereocenters. The van der Waals surface area contributed by atoms with E-state index in [1.54, 1.807) is 11.3 Å². The summed E-state index contributed by atoms with van der Waals surface area (Å²) in [7, 11) is 0. The van der Waals surface area contributed by atoms with Gasteiger partial charge in [-0.2, -0.15) is 5.10 Å². The Bertz CT molecular complexity index is 623. The summed E-state index contributed by atoms with van der Waals surface area (Å²) in [6.07, 6.45) is 6.86. The Balaban J connectivity index is 1.53. The van der Waals surface area contributed by atoms with Crippen molar-refractivity contribution in [2.45, 2.75) is 12.8 Å². The van der Waals surface area contributed by atoms with Crippen LogP contribution in [0.5, 0.6) is 0 Å². The Labute approximate surface area is 109 Å². The molecule has 1 heterocycles. The minimum atomic E-state index is 0.659. The van der Waals surface area contributed by atoms with Gasteiger partial charge in [-0.15, -0.1) is 0 Å². The highest BCUT2D eigenvalue weighted by molar-refractivity contribution is 7.22. The fourth-order valence-electron chi connectivity index (χ4n) is 2.70. The monoisotopic (exact) mass is 255 g/mol. The molecule has 2 aliphatic rings. The highest BCUT2D eigenvalue weighted by Crippen LogP contribution is 2.40. The molecule has 0 bridgehead atoms. The van der Waals surface area contributed by atoms with Gasteiger partial charge in [0.05, 0.1) is 10.2 Å². The maximum Gasteiger partial charge on any atom is 0.204 e. The average Bonchev–Trinajstić information content (AvgIpc) is 2.93. The lowest BCUT2D eigenvalue weighted by atomic mass is 9.74. The number of hydrogen-bond donors (Lipinski definition) is 1. The van der Waals surface area contributed by atoms with Crippen LogP contribution in [0.3, 0.4) is 0 Å². The van der Waals surface area contributed by atoms with E-state index in [4.69, 9.17) is 0 Å². The van der Waals surface area contributed by atoms with Crippen LogP contribution in [0.25, 0.3) is 10.2 Å². The zero-order valence-electron chi connectivity index (χ0n) is 9.84. The molecule has 0 amide bonds. The molecule has 3 nitrogen and oxygen atoms in total. The lowest BCUT2D eigenvalue weighted by Gasteiger charge is -2.31. The number of thiazole rings is 1. The number of para-hydroxylation sites is 1. The minimum Gasteiger partial charge on any atom is -0.253 e. The lowest BCUT2D eigenvalue weighted by Crippen LogP contribution is -2.33. The van der Waals surface area contributed by atoms with E-state index in [1.807, 2.05) is 18.2 Å². The molecule has 2 aromatic rings. The molecule has 4 rings (SSSR count). The van der Waals surface area contributed by atoms with Crippen molar-refractivity contribution >= 4 is 32.4 Å². The van der Waals surface area contributed by atoms with E-state index in [1.165, 1.54) is 10.4 Å². The normalized spacial score (nSPS) is 27.4. The number of benzene rings is 1. The topological polar surface area (TPSA) is 37.3 Å². The van der Waals surface area contributed by atoms with Crippen molar-refractivity contribution < 1.29 is 0 Å². The maximum atomic E-state index is 4.51. The van der Waals surface area contributed by atoms with Gasteiger partial charge in [-0.05, 0) is 30.9 Å². The first-order valence-electron chi connectivity index (χ1n) is 6.25. The molecule has 1 saturated carbocycles. The van der Waals surface area contributed by atoms with Gasteiger partial charge < -0.3 is 0 Å². The summed E-state index contributed by atoms with van der Waals surface area (Å²) in [6, 6.07) is 8.17. The van der Waals surface area contributed by atoms with E-state index in [0.717, 1.165) is 29.4 Å². The molecule has 2 aliphatic carbocycles. The molecule has 4 heteroatoms. The second-order valence-corrected chi connectivity index (χ2v) is 5.87. The summed E-state index contributed by atoms with van der Waals surface area (Å²) >= 11 is 1.65. The van der Waals surface area contributed by atoms with Crippen molar-refractivity contribution in [1.29, 1.82) is 0 Å². The summed E-state index contributed by atoms with van der Waals surface area (Å²) in [4.78, 5) is 4.51. The SMILES string of the molecule is C1=C[C@@H]2C/C(=N\Nc3nc4ccccc4s3)[C@@H]2C1. The van der Waals surface area contributed by atoms with Crippen molar-refractivity contribution in [3.8, 4) is 0 Å². The van der Waals surface area contributed by atoms with Gasteiger partial charge in [-0.3, -0.25) is 5.43 Å². The van der Waals surface area contributed by atoms with Crippen molar-refractivity contribution in [2.24, 2.45) is 16.9 Å². The molecule has 0 radical (unpaired) electrons. The van der Waals surface area contributed by atoms with E-state index >= 15 is 0 Å². The van der Waals surface area contributed by atoms with E-state index < -0.39 is 0 Å². The van der Waals surface area contributed by atoms with Crippen LogP contribution in [0.2, 0.25) is 0 Å². The summed E-state index contributed by atoms with van der Waals surface area (Å²) in [5.41, 5.74) is 5.45. The van der Waals surface area contributed by atoms with E-state index in [9.17, 15) is 0 Å². The molecule has 1 aromatic carbocycles. The smallest absolute Gasteiger partial charge is 0.204 e. The first-order valence-corrected chi connectivity index (χ1v) is 7.06. The molecule has 18 heavy (non-hydrogen) atoms. The molecule has 1 aromatic heterocycles. The predicted octanol–water partition coefficient (Wildman–Crippen LogP) is 3.66. The number of fused-ring (bicyclic) bond motifs is 2. The third kappa shape index (κ3) is 1.56. The van der Waals surface area contributed by atoms with Crippen molar-refractivity contribution in [1.82, 2.24) is 4.98 Å². The lowest BCUT2D eigenvalue weighted by molar-refractivity contribution is 0.466. The fourth-order valence-corrected chi connectivity index (χ4v) is 3.51. The molecular formula is C14H13N3S. The average molecular weight is 255 g/mol. The second kappa shape index (κ2) is 3.92. The molecule has 90 valence electrons. The summed E-state index contributed by atoms with van der Waals surface area (Å²) in [5.74, 6) is 1.41. The molecule has 1 N–H and O–H groups in total. The number of allylic oxidation sites excluding steroid dienone is 2. The highest BCUT2D eigenvalue weighted by atomic mass is 32.1. The number of nitrogens with one attached hydrogen (secondary N) is 1. The van der Waals surface area contributed by atoms with Crippen LogP contribution in [0.15, 0.2) is 41.5 Å². The maximum absolute atomic E-state index is 4.51. The molecular weight excluding hydrogens is 242 g/mol. The van der Waals surface area contributed by atoms with Crippen LogP contribution in [0, 0.1) is 11.8 Å². The standard InChI is InChI=1S/C14H13N3S/c1-2-7-13-11(6-1)15-14(18-13)17-16-12-8-9-4-3-5-10(9)12/h1-4,6-7,9-10H,5,8H2,(H,15,17)/b16-12+/t9-,10-/m1/s1. The highest BCUT2D eigenvalue weighted by Gasteiger charge is 2.37. The fraction of sp³-hybridized carbons (Fsp3) is 0.286. The second-order valence-electron chi connectivity index (χ2n) is 4.84. The Hall–Kier alpha value is -1.68. The molecule has 0 spiro atoms. The Morgan fingerprint density at radius 3 is 3.17 bits per heavy atom. The summed E-state index contributed by atoms with van der Waals surface area (Å²) < 4.78 is 1.20. The molecule has 1 fully saturated rings.